The van der Waals surface area contributed by atoms with E-state index in [4.69, 9.17) is 23.2 Å². The van der Waals surface area contributed by atoms with Crippen molar-refractivity contribution < 1.29 is 4.79 Å². The van der Waals surface area contributed by atoms with Gasteiger partial charge in [0.2, 0.25) is 0 Å². The molecular weight excluding hydrogens is 379 g/mol. The zero-order valence-electron chi connectivity index (χ0n) is 15.1. The topological polar surface area (TPSA) is 41.1 Å². The highest BCUT2D eigenvalue weighted by atomic mass is 35.5. The van der Waals surface area contributed by atoms with E-state index in [9.17, 15) is 4.79 Å². The molecule has 2 aromatic carbocycles. The predicted octanol–water partition coefficient (Wildman–Crippen LogP) is 5.96. The van der Waals surface area contributed by atoms with Crippen LogP contribution in [0.5, 0.6) is 0 Å². The summed E-state index contributed by atoms with van der Waals surface area (Å²) in [5, 5.41) is 7.76. The van der Waals surface area contributed by atoms with Crippen LogP contribution in [0.4, 0.5) is 5.69 Å². The van der Waals surface area contributed by atoms with E-state index in [1.165, 1.54) is 5.56 Å². The Labute approximate surface area is 169 Å². The van der Waals surface area contributed by atoms with Gasteiger partial charge in [0, 0.05) is 12.5 Å². The van der Waals surface area contributed by atoms with E-state index in [0.717, 1.165) is 24.1 Å². The molecule has 2 aliphatic rings. The van der Waals surface area contributed by atoms with Gasteiger partial charge >= 0.3 is 0 Å². The van der Waals surface area contributed by atoms with Gasteiger partial charge in [-0.2, -0.15) is 0 Å². The molecule has 1 aliphatic carbocycles. The van der Waals surface area contributed by atoms with E-state index in [2.05, 4.69) is 28.9 Å². The molecule has 4 rings (SSSR count). The smallest absolute Gasteiger partial charge is 0.253 e. The minimum Gasteiger partial charge on any atom is -0.377 e. The van der Waals surface area contributed by atoms with Gasteiger partial charge in [-0.3, -0.25) is 4.79 Å². The first kappa shape index (κ1) is 18.4. The standard InChI is InChI=1S/C22H22Cl2N2O/c1-2-12-25-22(27)17-10-4-8-15-13-6-3-7-14(13)20(26-21(15)17)16-9-5-11-18(23)19(16)24/h3-6,8-11,13-14,20,26H,2,7,12H2,1H3,(H,25,27). The summed E-state index contributed by atoms with van der Waals surface area (Å²) in [6.07, 6.45) is 6.35. The van der Waals surface area contributed by atoms with Crippen molar-refractivity contribution >= 4 is 34.8 Å². The number of nitrogens with one attached hydrogen (secondary N) is 2. The minimum absolute atomic E-state index is 0.00354. The van der Waals surface area contributed by atoms with Gasteiger partial charge < -0.3 is 10.6 Å². The zero-order valence-corrected chi connectivity index (χ0v) is 16.6. The molecule has 3 unspecified atom stereocenters. The summed E-state index contributed by atoms with van der Waals surface area (Å²) in [6, 6.07) is 11.7. The Hall–Kier alpha value is -1.97. The first-order chi connectivity index (χ1) is 13.1. The van der Waals surface area contributed by atoms with Gasteiger partial charge in [-0.05, 0) is 42.0 Å². The quantitative estimate of drug-likeness (QED) is 0.621. The van der Waals surface area contributed by atoms with E-state index < -0.39 is 0 Å². The Kier molecular flexibility index (Phi) is 5.16. The van der Waals surface area contributed by atoms with Crippen LogP contribution in [0, 0.1) is 5.92 Å². The summed E-state index contributed by atoms with van der Waals surface area (Å²) in [5.74, 6) is 0.570. The van der Waals surface area contributed by atoms with Gasteiger partial charge in [-0.25, -0.2) is 0 Å². The van der Waals surface area contributed by atoms with Crippen molar-refractivity contribution in [2.24, 2.45) is 5.92 Å². The Balaban J connectivity index is 1.79. The van der Waals surface area contributed by atoms with E-state index in [1.54, 1.807) is 6.07 Å². The number of hydrogen-bond donors (Lipinski definition) is 2. The lowest BCUT2D eigenvalue weighted by Crippen LogP contribution is -2.32. The van der Waals surface area contributed by atoms with Crippen LogP contribution in [0.2, 0.25) is 10.0 Å². The number of amides is 1. The molecule has 0 radical (unpaired) electrons. The molecule has 5 heteroatoms. The lowest BCUT2D eigenvalue weighted by Gasteiger charge is -2.38. The van der Waals surface area contributed by atoms with Crippen LogP contribution in [-0.2, 0) is 0 Å². The maximum atomic E-state index is 12.7. The van der Waals surface area contributed by atoms with Crippen LogP contribution >= 0.6 is 23.2 Å². The molecule has 0 saturated heterocycles. The van der Waals surface area contributed by atoms with Crippen molar-refractivity contribution in [3.63, 3.8) is 0 Å². The fourth-order valence-electron chi connectivity index (χ4n) is 4.21. The molecule has 3 atom stereocenters. The molecule has 140 valence electrons. The maximum Gasteiger partial charge on any atom is 0.253 e. The van der Waals surface area contributed by atoms with Crippen molar-refractivity contribution in [1.29, 1.82) is 0 Å². The highest BCUT2D eigenvalue weighted by molar-refractivity contribution is 6.42. The van der Waals surface area contributed by atoms with Crippen LogP contribution in [0.15, 0.2) is 48.6 Å². The summed E-state index contributed by atoms with van der Waals surface area (Å²) in [4.78, 5) is 12.7. The van der Waals surface area contributed by atoms with Crippen LogP contribution < -0.4 is 10.6 Å². The average molecular weight is 401 g/mol. The van der Waals surface area contributed by atoms with Crippen LogP contribution in [0.25, 0.3) is 0 Å². The molecule has 1 amide bonds. The van der Waals surface area contributed by atoms with Crippen molar-refractivity contribution in [2.45, 2.75) is 31.7 Å². The predicted molar refractivity (Wildman–Crippen MR) is 112 cm³/mol. The Bertz CT molecular complexity index is 909. The number of hydrogen-bond acceptors (Lipinski definition) is 2. The van der Waals surface area contributed by atoms with Gasteiger partial charge in [0.1, 0.15) is 0 Å². The average Bonchev–Trinajstić information content (AvgIpc) is 3.17. The Morgan fingerprint density at radius 2 is 1.96 bits per heavy atom. The molecule has 0 aromatic heterocycles. The van der Waals surface area contributed by atoms with E-state index in [1.807, 2.05) is 31.2 Å². The van der Waals surface area contributed by atoms with Crippen molar-refractivity contribution in [1.82, 2.24) is 5.32 Å². The van der Waals surface area contributed by atoms with Crippen LogP contribution in [0.3, 0.4) is 0 Å². The molecule has 27 heavy (non-hydrogen) atoms. The summed E-state index contributed by atoms with van der Waals surface area (Å²) >= 11 is 12.8. The molecule has 3 nitrogen and oxygen atoms in total. The molecular formula is C22H22Cl2N2O. The second-order valence-corrected chi connectivity index (χ2v) is 7.93. The van der Waals surface area contributed by atoms with Gasteiger partial charge in [0.15, 0.2) is 0 Å². The maximum absolute atomic E-state index is 12.7. The normalized spacial score (nSPS) is 22.7. The fourth-order valence-corrected chi connectivity index (χ4v) is 4.64. The van der Waals surface area contributed by atoms with E-state index >= 15 is 0 Å². The summed E-state index contributed by atoms with van der Waals surface area (Å²) in [5.41, 5.74) is 3.74. The first-order valence-corrected chi connectivity index (χ1v) is 10.2. The number of fused-ring (bicyclic) bond motifs is 3. The van der Waals surface area contributed by atoms with Crippen molar-refractivity contribution in [3.8, 4) is 0 Å². The number of allylic oxidation sites excluding steroid dienone is 2. The third-order valence-corrected chi connectivity index (χ3v) is 6.33. The molecule has 1 aliphatic heterocycles. The van der Waals surface area contributed by atoms with Crippen molar-refractivity contribution in [3.05, 3.63) is 75.3 Å². The van der Waals surface area contributed by atoms with Crippen LogP contribution in [0.1, 0.15) is 53.2 Å². The number of halogens is 2. The number of carbonyl (C=O) groups excluding carboxylic acids is 1. The molecule has 2 N–H and O–H groups in total. The second-order valence-electron chi connectivity index (χ2n) is 7.14. The minimum atomic E-state index is -0.0439. The molecule has 0 bridgehead atoms. The fraction of sp³-hybridized carbons (Fsp3) is 0.318. The summed E-state index contributed by atoms with van der Waals surface area (Å²) in [6.45, 7) is 2.71. The Morgan fingerprint density at radius 3 is 2.78 bits per heavy atom. The van der Waals surface area contributed by atoms with Gasteiger partial charge in [0.25, 0.3) is 5.91 Å². The molecule has 2 aromatic rings. The van der Waals surface area contributed by atoms with Gasteiger partial charge in [-0.15, -0.1) is 0 Å². The highest BCUT2D eigenvalue weighted by Crippen LogP contribution is 2.52. The highest BCUT2D eigenvalue weighted by Gasteiger charge is 2.40. The number of rotatable bonds is 4. The summed E-state index contributed by atoms with van der Waals surface area (Å²) in [7, 11) is 0. The number of benzene rings is 2. The SMILES string of the molecule is CCCNC(=O)c1cccc2c1NC(c1cccc(Cl)c1Cl)C1CC=CC21. The number of anilines is 1. The van der Waals surface area contributed by atoms with Gasteiger partial charge in [-0.1, -0.05) is 66.5 Å². The molecule has 1 heterocycles. The molecule has 0 saturated carbocycles. The van der Waals surface area contributed by atoms with Crippen LogP contribution in [-0.4, -0.2) is 12.5 Å². The third kappa shape index (κ3) is 3.24. The van der Waals surface area contributed by atoms with Gasteiger partial charge in [0.05, 0.1) is 27.3 Å². The molecule has 0 spiro atoms. The number of carbonyl (C=O) groups is 1. The largest absolute Gasteiger partial charge is 0.377 e. The lowest BCUT2D eigenvalue weighted by molar-refractivity contribution is 0.0954. The molecule has 0 fully saturated rings. The van der Waals surface area contributed by atoms with Crippen molar-refractivity contribution in [2.75, 3.05) is 11.9 Å². The zero-order chi connectivity index (χ0) is 19.0. The van der Waals surface area contributed by atoms with E-state index in [-0.39, 0.29) is 17.9 Å². The monoisotopic (exact) mass is 400 g/mol. The van der Waals surface area contributed by atoms with E-state index in [0.29, 0.717) is 28.1 Å². The number of para-hydroxylation sites is 1. The second kappa shape index (κ2) is 7.57. The Morgan fingerprint density at radius 1 is 1.19 bits per heavy atom. The first-order valence-electron chi connectivity index (χ1n) is 9.40. The third-order valence-electron chi connectivity index (χ3n) is 5.49. The summed E-state index contributed by atoms with van der Waals surface area (Å²) < 4.78 is 0. The lowest BCUT2D eigenvalue weighted by atomic mass is 9.76.